The maximum absolute atomic E-state index is 12.5. The summed E-state index contributed by atoms with van der Waals surface area (Å²) in [5.74, 6) is 0.0635. The maximum atomic E-state index is 12.5. The molecule has 1 aromatic carbocycles. The molecule has 136 valence electrons. The zero-order chi connectivity index (χ0) is 17.8. The van der Waals surface area contributed by atoms with Crippen molar-refractivity contribution in [3.8, 4) is 0 Å². The molecule has 2 aliphatic heterocycles. The summed E-state index contributed by atoms with van der Waals surface area (Å²) in [6, 6.07) is 7.72. The van der Waals surface area contributed by atoms with Gasteiger partial charge in [0.25, 0.3) is 11.8 Å². The van der Waals surface area contributed by atoms with Gasteiger partial charge in [0.2, 0.25) is 0 Å². The highest BCUT2D eigenvalue weighted by molar-refractivity contribution is 5.95. The van der Waals surface area contributed by atoms with Crippen LogP contribution in [0.15, 0.2) is 24.3 Å². The van der Waals surface area contributed by atoms with Crippen molar-refractivity contribution in [1.82, 2.24) is 10.2 Å². The summed E-state index contributed by atoms with van der Waals surface area (Å²) in [6.45, 7) is 2.05. The van der Waals surface area contributed by atoms with Crippen molar-refractivity contribution in [2.75, 3.05) is 38.7 Å². The molecule has 1 N–H and O–H groups in total. The van der Waals surface area contributed by atoms with Crippen LogP contribution in [0.5, 0.6) is 0 Å². The van der Waals surface area contributed by atoms with E-state index >= 15 is 0 Å². The highest BCUT2D eigenvalue weighted by Crippen LogP contribution is 2.19. The molecule has 25 heavy (non-hydrogen) atoms. The zero-order valence-corrected chi connectivity index (χ0v) is 15.0. The fraction of sp³-hybridized carbons (Fsp3) is 0.579. The molecule has 2 amide bonds. The van der Waals surface area contributed by atoms with Gasteiger partial charge in [0, 0.05) is 51.1 Å². The number of rotatable bonds is 4. The van der Waals surface area contributed by atoms with Gasteiger partial charge < -0.3 is 19.9 Å². The van der Waals surface area contributed by atoms with Crippen LogP contribution in [0, 0.1) is 0 Å². The van der Waals surface area contributed by atoms with Gasteiger partial charge in [-0.3, -0.25) is 9.59 Å². The Bertz CT molecular complexity index is 618. The fourth-order valence-corrected chi connectivity index (χ4v) is 3.41. The molecular weight excluding hydrogens is 318 g/mol. The largest absolute Gasteiger partial charge is 0.378 e. The Morgan fingerprint density at radius 1 is 1.20 bits per heavy atom. The van der Waals surface area contributed by atoms with Gasteiger partial charge in [0.15, 0.2) is 0 Å². The molecule has 2 saturated heterocycles. The first-order chi connectivity index (χ1) is 12.0. The first-order valence-electron chi connectivity index (χ1n) is 9.03. The zero-order valence-electron chi connectivity index (χ0n) is 15.0. The molecule has 6 heteroatoms. The molecule has 1 unspecified atom stereocenters. The third kappa shape index (κ3) is 4.31. The van der Waals surface area contributed by atoms with E-state index in [0.29, 0.717) is 25.3 Å². The molecule has 6 nitrogen and oxygen atoms in total. The summed E-state index contributed by atoms with van der Waals surface area (Å²) in [5.41, 5.74) is 1.67. The average Bonchev–Trinajstić information content (AvgIpc) is 3.16. The minimum absolute atomic E-state index is 0.0485. The van der Waals surface area contributed by atoms with Gasteiger partial charge in [0.1, 0.15) is 6.10 Å². The van der Waals surface area contributed by atoms with Crippen LogP contribution in [0.4, 0.5) is 5.69 Å². The van der Waals surface area contributed by atoms with Gasteiger partial charge in [0.05, 0.1) is 0 Å². The van der Waals surface area contributed by atoms with E-state index in [0.717, 1.165) is 31.4 Å². The van der Waals surface area contributed by atoms with Gasteiger partial charge >= 0.3 is 0 Å². The Balaban J connectivity index is 1.51. The Kier molecular flexibility index (Phi) is 5.58. The minimum Gasteiger partial charge on any atom is -0.378 e. The van der Waals surface area contributed by atoms with Crippen LogP contribution in [0.3, 0.4) is 0 Å². The number of nitrogens with zero attached hydrogens (tertiary/aromatic N) is 2. The number of benzene rings is 1. The molecule has 1 atom stereocenters. The number of hydrogen-bond donors (Lipinski definition) is 1. The van der Waals surface area contributed by atoms with Gasteiger partial charge in [-0.15, -0.1) is 0 Å². The number of anilines is 1. The second kappa shape index (κ2) is 7.87. The lowest BCUT2D eigenvalue weighted by Gasteiger charge is -2.33. The maximum Gasteiger partial charge on any atom is 0.251 e. The first-order valence-corrected chi connectivity index (χ1v) is 9.03. The molecule has 0 aliphatic carbocycles. The Hall–Kier alpha value is -2.08. The predicted molar refractivity (Wildman–Crippen MR) is 96.8 cm³/mol. The van der Waals surface area contributed by atoms with Crippen molar-refractivity contribution in [2.45, 2.75) is 37.8 Å². The second-order valence-electron chi connectivity index (χ2n) is 7.02. The van der Waals surface area contributed by atoms with E-state index in [1.807, 2.05) is 48.2 Å². The van der Waals surface area contributed by atoms with E-state index in [2.05, 4.69) is 5.32 Å². The van der Waals surface area contributed by atoms with E-state index in [1.54, 1.807) is 0 Å². The van der Waals surface area contributed by atoms with E-state index in [4.69, 9.17) is 4.74 Å². The van der Waals surface area contributed by atoms with Crippen molar-refractivity contribution >= 4 is 17.5 Å². The van der Waals surface area contributed by atoms with Crippen LogP contribution in [-0.4, -0.2) is 62.7 Å². The lowest BCUT2D eigenvalue weighted by atomic mass is 10.0. The van der Waals surface area contributed by atoms with Crippen LogP contribution < -0.4 is 10.2 Å². The lowest BCUT2D eigenvalue weighted by molar-refractivity contribution is -0.142. The van der Waals surface area contributed by atoms with E-state index < -0.39 is 0 Å². The Labute approximate surface area is 149 Å². The average molecular weight is 345 g/mol. The Morgan fingerprint density at radius 2 is 1.96 bits per heavy atom. The van der Waals surface area contributed by atoms with Crippen LogP contribution in [0.1, 0.15) is 36.0 Å². The van der Waals surface area contributed by atoms with Crippen molar-refractivity contribution in [3.63, 3.8) is 0 Å². The summed E-state index contributed by atoms with van der Waals surface area (Å²) in [7, 11) is 3.91. The topological polar surface area (TPSA) is 61.9 Å². The summed E-state index contributed by atoms with van der Waals surface area (Å²) in [6.07, 6.45) is 3.13. The molecule has 2 heterocycles. The normalized spacial score (nSPS) is 21.2. The highest BCUT2D eigenvalue weighted by atomic mass is 16.5. The molecule has 2 aliphatic rings. The standard InChI is InChI=1S/C19H27N3O3/c1-21(2)16-6-3-5-14(13-16)18(23)20-15-8-10-22(11-9-15)19(24)17-7-4-12-25-17/h3,5-6,13,15,17H,4,7-12H2,1-2H3,(H,20,23). The van der Waals surface area contributed by atoms with E-state index in [-0.39, 0.29) is 24.0 Å². The minimum atomic E-state index is -0.250. The number of carbonyl (C=O) groups excluding carboxylic acids is 2. The number of ether oxygens (including phenoxy) is 1. The summed E-state index contributed by atoms with van der Waals surface area (Å²) >= 11 is 0. The third-order valence-electron chi connectivity index (χ3n) is 4.97. The number of piperidine rings is 1. The summed E-state index contributed by atoms with van der Waals surface area (Å²) in [4.78, 5) is 28.7. The van der Waals surface area contributed by atoms with Crippen molar-refractivity contribution in [3.05, 3.63) is 29.8 Å². The summed E-state index contributed by atoms with van der Waals surface area (Å²) < 4.78 is 5.48. The van der Waals surface area contributed by atoms with Gasteiger partial charge in [-0.25, -0.2) is 0 Å². The monoisotopic (exact) mass is 345 g/mol. The number of likely N-dealkylation sites (tertiary alicyclic amines) is 1. The SMILES string of the molecule is CN(C)c1cccc(C(=O)NC2CCN(C(=O)C3CCCO3)CC2)c1. The van der Waals surface area contributed by atoms with Gasteiger partial charge in [-0.05, 0) is 43.9 Å². The van der Waals surface area contributed by atoms with Gasteiger partial charge in [-0.2, -0.15) is 0 Å². The number of carbonyl (C=O) groups is 2. The number of nitrogens with one attached hydrogen (secondary N) is 1. The molecule has 0 aromatic heterocycles. The molecular formula is C19H27N3O3. The van der Waals surface area contributed by atoms with Crippen LogP contribution in [0.2, 0.25) is 0 Å². The molecule has 0 saturated carbocycles. The van der Waals surface area contributed by atoms with Crippen molar-refractivity contribution in [1.29, 1.82) is 0 Å². The molecule has 0 radical (unpaired) electrons. The molecule has 0 spiro atoms. The first kappa shape index (κ1) is 17.7. The summed E-state index contributed by atoms with van der Waals surface area (Å²) in [5, 5.41) is 3.10. The van der Waals surface area contributed by atoms with Crippen LogP contribution in [-0.2, 0) is 9.53 Å². The molecule has 0 bridgehead atoms. The molecule has 3 rings (SSSR count). The van der Waals surface area contributed by atoms with Crippen LogP contribution in [0.25, 0.3) is 0 Å². The van der Waals surface area contributed by atoms with Crippen molar-refractivity contribution < 1.29 is 14.3 Å². The molecule has 1 aromatic rings. The molecule has 2 fully saturated rings. The Morgan fingerprint density at radius 3 is 2.60 bits per heavy atom. The quantitative estimate of drug-likeness (QED) is 0.901. The second-order valence-corrected chi connectivity index (χ2v) is 7.02. The lowest BCUT2D eigenvalue weighted by Crippen LogP contribution is -2.49. The van der Waals surface area contributed by atoms with Gasteiger partial charge in [-0.1, -0.05) is 6.07 Å². The third-order valence-corrected chi connectivity index (χ3v) is 4.97. The number of hydrogen-bond acceptors (Lipinski definition) is 4. The smallest absolute Gasteiger partial charge is 0.251 e. The van der Waals surface area contributed by atoms with Crippen molar-refractivity contribution in [2.24, 2.45) is 0 Å². The van der Waals surface area contributed by atoms with E-state index in [9.17, 15) is 9.59 Å². The van der Waals surface area contributed by atoms with Crippen LogP contribution >= 0.6 is 0 Å². The highest BCUT2D eigenvalue weighted by Gasteiger charge is 2.31. The number of amides is 2. The van der Waals surface area contributed by atoms with E-state index in [1.165, 1.54) is 0 Å². The fourth-order valence-electron chi connectivity index (χ4n) is 3.41. The predicted octanol–water partition coefficient (Wildman–Crippen LogP) is 1.65.